The van der Waals surface area contributed by atoms with Crippen molar-refractivity contribution in [2.24, 2.45) is 7.05 Å². The standard InChI is InChI=1S/C11H18IN3O/c1-15-8-10(14-9-15)11(16)13-7-5-3-2-4-6-12/h8-9H,2-7H2,1H3,(H,13,16). The topological polar surface area (TPSA) is 46.9 Å². The van der Waals surface area contributed by atoms with Crippen LogP contribution in [0.5, 0.6) is 0 Å². The number of halogens is 1. The lowest BCUT2D eigenvalue weighted by atomic mass is 10.2. The van der Waals surface area contributed by atoms with Crippen LogP contribution >= 0.6 is 22.6 Å². The fraction of sp³-hybridized carbons (Fsp3) is 0.636. The second-order valence-electron chi connectivity index (χ2n) is 3.78. The molecule has 4 nitrogen and oxygen atoms in total. The fourth-order valence-corrected chi connectivity index (χ4v) is 1.93. The quantitative estimate of drug-likeness (QED) is 0.472. The summed E-state index contributed by atoms with van der Waals surface area (Å²) in [5.41, 5.74) is 0.495. The van der Waals surface area contributed by atoms with E-state index in [1.54, 1.807) is 17.1 Å². The van der Waals surface area contributed by atoms with E-state index in [9.17, 15) is 4.79 Å². The van der Waals surface area contributed by atoms with Crippen molar-refractivity contribution < 1.29 is 4.79 Å². The van der Waals surface area contributed by atoms with Crippen LogP contribution in [-0.4, -0.2) is 26.4 Å². The summed E-state index contributed by atoms with van der Waals surface area (Å²) in [6, 6.07) is 0. The van der Waals surface area contributed by atoms with Crippen LogP contribution in [0.3, 0.4) is 0 Å². The monoisotopic (exact) mass is 335 g/mol. The van der Waals surface area contributed by atoms with Gasteiger partial charge < -0.3 is 9.88 Å². The number of nitrogens with zero attached hydrogens (tertiary/aromatic N) is 2. The number of amides is 1. The van der Waals surface area contributed by atoms with Crippen LogP contribution in [0, 0.1) is 0 Å². The summed E-state index contributed by atoms with van der Waals surface area (Å²) in [6.45, 7) is 0.747. The van der Waals surface area contributed by atoms with Crippen LogP contribution < -0.4 is 5.32 Å². The molecule has 5 heteroatoms. The molecule has 0 aromatic carbocycles. The molecule has 0 unspecified atom stereocenters. The number of aryl methyl sites for hydroxylation is 1. The smallest absolute Gasteiger partial charge is 0.271 e. The number of imidazole rings is 1. The van der Waals surface area contributed by atoms with E-state index >= 15 is 0 Å². The second kappa shape index (κ2) is 7.65. The summed E-state index contributed by atoms with van der Waals surface area (Å²) in [5.74, 6) is -0.0745. The molecule has 0 saturated carbocycles. The maximum Gasteiger partial charge on any atom is 0.271 e. The number of nitrogens with one attached hydrogen (secondary N) is 1. The molecule has 0 aliphatic rings. The second-order valence-corrected chi connectivity index (χ2v) is 4.86. The van der Waals surface area contributed by atoms with E-state index in [0.29, 0.717) is 5.69 Å². The largest absolute Gasteiger partial charge is 0.351 e. The third-order valence-electron chi connectivity index (χ3n) is 2.28. The molecule has 0 aliphatic carbocycles. The molecule has 0 saturated heterocycles. The highest BCUT2D eigenvalue weighted by Gasteiger charge is 2.06. The van der Waals surface area contributed by atoms with Crippen molar-refractivity contribution in [2.75, 3.05) is 11.0 Å². The molecule has 1 aromatic heterocycles. The van der Waals surface area contributed by atoms with Crippen LogP contribution in [0.2, 0.25) is 0 Å². The Labute approximate surface area is 110 Å². The van der Waals surface area contributed by atoms with Gasteiger partial charge in [0.25, 0.3) is 5.91 Å². The summed E-state index contributed by atoms with van der Waals surface area (Å²) >= 11 is 2.39. The lowest BCUT2D eigenvalue weighted by molar-refractivity contribution is 0.0948. The molecule has 0 bridgehead atoms. The average molecular weight is 335 g/mol. The van der Waals surface area contributed by atoms with Gasteiger partial charge in [-0.25, -0.2) is 4.98 Å². The Morgan fingerprint density at radius 1 is 1.44 bits per heavy atom. The number of aromatic nitrogens is 2. The van der Waals surface area contributed by atoms with Gasteiger partial charge in [0.1, 0.15) is 5.69 Å². The molecule has 90 valence electrons. The molecular formula is C11H18IN3O. The first-order chi connectivity index (χ1) is 7.74. The molecule has 1 N–H and O–H groups in total. The number of carbonyl (C=O) groups excluding carboxylic acids is 1. The Bertz CT molecular complexity index is 325. The maximum atomic E-state index is 11.6. The van der Waals surface area contributed by atoms with E-state index in [4.69, 9.17) is 0 Å². The maximum absolute atomic E-state index is 11.6. The molecule has 1 aromatic rings. The first kappa shape index (κ1) is 13.5. The lowest BCUT2D eigenvalue weighted by Crippen LogP contribution is -2.24. The van der Waals surface area contributed by atoms with Gasteiger partial charge in [-0.15, -0.1) is 0 Å². The van der Waals surface area contributed by atoms with Crippen molar-refractivity contribution in [3.63, 3.8) is 0 Å². The van der Waals surface area contributed by atoms with Gasteiger partial charge in [-0.2, -0.15) is 0 Å². The molecule has 1 rings (SSSR count). The van der Waals surface area contributed by atoms with Crippen LogP contribution in [0.4, 0.5) is 0 Å². The highest BCUT2D eigenvalue weighted by molar-refractivity contribution is 14.1. The zero-order valence-electron chi connectivity index (χ0n) is 9.58. The Kier molecular flexibility index (Phi) is 6.44. The molecule has 16 heavy (non-hydrogen) atoms. The Hall–Kier alpha value is -0.590. The molecule has 1 heterocycles. The summed E-state index contributed by atoms with van der Waals surface area (Å²) in [6.07, 6.45) is 8.12. The van der Waals surface area contributed by atoms with Gasteiger partial charge in [-0.05, 0) is 17.3 Å². The van der Waals surface area contributed by atoms with E-state index in [1.165, 1.54) is 23.7 Å². The molecule has 0 radical (unpaired) electrons. The SMILES string of the molecule is Cn1cnc(C(=O)NCCCCCCI)c1. The van der Waals surface area contributed by atoms with Gasteiger partial charge in [0.05, 0.1) is 6.33 Å². The zero-order valence-corrected chi connectivity index (χ0v) is 11.7. The van der Waals surface area contributed by atoms with Crippen molar-refractivity contribution in [1.29, 1.82) is 0 Å². The fourth-order valence-electron chi connectivity index (χ4n) is 1.40. The Morgan fingerprint density at radius 2 is 2.19 bits per heavy atom. The molecule has 1 amide bonds. The van der Waals surface area contributed by atoms with Gasteiger partial charge in [-0.1, -0.05) is 35.4 Å². The summed E-state index contributed by atoms with van der Waals surface area (Å²) in [7, 11) is 1.85. The van der Waals surface area contributed by atoms with E-state index in [1.807, 2.05) is 7.05 Å². The van der Waals surface area contributed by atoms with E-state index in [2.05, 4.69) is 32.9 Å². The van der Waals surface area contributed by atoms with Crippen molar-refractivity contribution in [3.05, 3.63) is 18.2 Å². The Balaban J connectivity index is 2.11. The molecule has 0 fully saturated rings. The van der Waals surface area contributed by atoms with Crippen molar-refractivity contribution in [1.82, 2.24) is 14.9 Å². The van der Waals surface area contributed by atoms with Crippen molar-refractivity contribution in [2.45, 2.75) is 25.7 Å². The van der Waals surface area contributed by atoms with Crippen LogP contribution in [0.15, 0.2) is 12.5 Å². The van der Waals surface area contributed by atoms with E-state index < -0.39 is 0 Å². The normalized spacial score (nSPS) is 10.4. The highest BCUT2D eigenvalue weighted by atomic mass is 127. The summed E-state index contributed by atoms with van der Waals surface area (Å²) < 4.78 is 2.99. The van der Waals surface area contributed by atoms with Gasteiger partial charge in [0.15, 0.2) is 0 Å². The summed E-state index contributed by atoms with van der Waals surface area (Å²) in [5, 5.41) is 2.87. The lowest BCUT2D eigenvalue weighted by Gasteiger charge is -2.02. The number of hydrogen-bond acceptors (Lipinski definition) is 2. The van der Waals surface area contributed by atoms with Gasteiger partial charge in [0.2, 0.25) is 0 Å². The first-order valence-electron chi connectivity index (χ1n) is 5.56. The van der Waals surface area contributed by atoms with Gasteiger partial charge in [-0.3, -0.25) is 4.79 Å². The first-order valence-corrected chi connectivity index (χ1v) is 7.08. The van der Waals surface area contributed by atoms with Crippen LogP contribution in [0.25, 0.3) is 0 Å². The number of alkyl halides is 1. The third kappa shape index (κ3) is 4.96. The van der Waals surface area contributed by atoms with Crippen molar-refractivity contribution >= 4 is 28.5 Å². The number of unbranched alkanes of at least 4 members (excludes halogenated alkanes) is 3. The minimum Gasteiger partial charge on any atom is -0.351 e. The van der Waals surface area contributed by atoms with Gasteiger partial charge in [0, 0.05) is 19.8 Å². The number of carbonyl (C=O) groups is 1. The number of rotatable bonds is 7. The molecular weight excluding hydrogens is 317 g/mol. The van der Waals surface area contributed by atoms with Gasteiger partial charge >= 0.3 is 0 Å². The Morgan fingerprint density at radius 3 is 2.81 bits per heavy atom. The molecule has 0 atom stereocenters. The van der Waals surface area contributed by atoms with E-state index in [0.717, 1.165) is 13.0 Å². The summed E-state index contributed by atoms with van der Waals surface area (Å²) in [4.78, 5) is 15.6. The van der Waals surface area contributed by atoms with Crippen LogP contribution in [0.1, 0.15) is 36.2 Å². The minimum atomic E-state index is -0.0745. The minimum absolute atomic E-state index is 0.0745. The van der Waals surface area contributed by atoms with Crippen molar-refractivity contribution in [3.8, 4) is 0 Å². The zero-order chi connectivity index (χ0) is 11.8. The predicted octanol–water partition coefficient (Wildman–Crippen LogP) is 2.15. The molecule has 0 spiro atoms. The highest BCUT2D eigenvalue weighted by Crippen LogP contribution is 2.01. The van der Waals surface area contributed by atoms with Crippen LogP contribution in [-0.2, 0) is 7.05 Å². The number of hydrogen-bond donors (Lipinski definition) is 1. The average Bonchev–Trinajstić information content (AvgIpc) is 2.70. The van der Waals surface area contributed by atoms with E-state index in [-0.39, 0.29) is 5.91 Å². The molecule has 0 aliphatic heterocycles. The predicted molar refractivity (Wildman–Crippen MR) is 72.9 cm³/mol. The third-order valence-corrected chi connectivity index (χ3v) is 3.05.